The minimum atomic E-state index is -0.504. The van der Waals surface area contributed by atoms with E-state index in [1.54, 1.807) is 29.2 Å². The minimum Gasteiger partial charge on any atom is -0.372 e. The molecule has 2 saturated heterocycles. The van der Waals surface area contributed by atoms with Crippen LogP contribution in [0, 0.1) is 0 Å². The molecule has 2 heterocycles. The maximum atomic E-state index is 12.9. The quantitative estimate of drug-likeness (QED) is 0.828. The second-order valence-corrected chi connectivity index (χ2v) is 7.81. The van der Waals surface area contributed by atoms with Gasteiger partial charge in [0.25, 0.3) is 0 Å². The van der Waals surface area contributed by atoms with E-state index in [0.29, 0.717) is 23.6 Å². The zero-order valence-corrected chi connectivity index (χ0v) is 16.5. The number of nitrogens with one attached hydrogen (secondary N) is 1. The number of hydrogen-bond donors (Lipinski definition) is 1. The highest BCUT2D eigenvalue weighted by atomic mass is 35.5. The van der Waals surface area contributed by atoms with Crippen LogP contribution in [0.25, 0.3) is 0 Å². The molecule has 2 fully saturated rings. The van der Waals surface area contributed by atoms with Crippen LogP contribution in [0.3, 0.4) is 0 Å². The first-order chi connectivity index (χ1) is 13.6. The fourth-order valence-electron chi connectivity index (χ4n) is 3.99. The van der Waals surface area contributed by atoms with E-state index in [1.165, 1.54) is 24.9 Å². The smallest absolute Gasteiger partial charge is 0.247 e. The van der Waals surface area contributed by atoms with Crippen LogP contribution in [0.15, 0.2) is 48.5 Å². The summed E-state index contributed by atoms with van der Waals surface area (Å²) in [4.78, 5) is 29.2. The van der Waals surface area contributed by atoms with Crippen molar-refractivity contribution < 1.29 is 9.59 Å². The third kappa shape index (κ3) is 3.99. The molecule has 2 aliphatic heterocycles. The molecule has 1 atom stereocenters. The number of hydrogen-bond acceptors (Lipinski definition) is 3. The van der Waals surface area contributed by atoms with E-state index in [1.807, 2.05) is 12.1 Å². The highest BCUT2D eigenvalue weighted by Crippen LogP contribution is 2.29. The van der Waals surface area contributed by atoms with Crippen molar-refractivity contribution in [1.29, 1.82) is 0 Å². The highest BCUT2D eigenvalue weighted by molar-refractivity contribution is 6.30. The lowest BCUT2D eigenvalue weighted by Gasteiger charge is -2.29. The maximum absolute atomic E-state index is 12.9. The van der Waals surface area contributed by atoms with Crippen LogP contribution in [-0.4, -0.2) is 30.9 Å². The van der Waals surface area contributed by atoms with Crippen molar-refractivity contribution in [2.45, 2.75) is 38.1 Å². The summed E-state index contributed by atoms with van der Waals surface area (Å²) in [7, 11) is 0. The van der Waals surface area contributed by atoms with Gasteiger partial charge in [-0.2, -0.15) is 0 Å². The highest BCUT2D eigenvalue weighted by Gasteiger charge is 2.37. The van der Waals surface area contributed by atoms with Gasteiger partial charge in [0.2, 0.25) is 11.8 Å². The van der Waals surface area contributed by atoms with Crippen molar-refractivity contribution in [3.63, 3.8) is 0 Å². The number of rotatable bonds is 4. The van der Waals surface area contributed by atoms with E-state index in [4.69, 9.17) is 11.6 Å². The number of nitrogens with zero attached hydrogens (tertiary/aromatic N) is 2. The van der Waals surface area contributed by atoms with E-state index in [2.05, 4.69) is 22.3 Å². The van der Waals surface area contributed by atoms with Crippen LogP contribution in [0.5, 0.6) is 0 Å². The van der Waals surface area contributed by atoms with Crippen LogP contribution >= 0.6 is 11.6 Å². The summed E-state index contributed by atoms with van der Waals surface area (Å²) in [5, 5.41) is 3.57. The van der Waals surface area contributed by atoms with Crippen LogP contribution in [0.1, 0.15) is 32.1 Å². The van der Waals surface area contributed by atoms with Gasteiger partial charge < -0.3 is 10.2 Å². The summed E-state index contributed by atoms with van der Waals surface area (Å²) < 4.78 is 0. The Hall–Kier alpha value is -2.53. The molecule has 28 heavy (non-hydrogen) atoms. The molecule has 0 saturated carbocycles. The fraction of sp³-hybridized carbons (Fsp3) is 0.364. The summed E-state index contributed by atoms with van der Waals surface area (Å²) in [6.45, 7) is 2.18. The Balaban J connectivity index is 1.45. The van der Waals surface area contributed by atoms with Gasteiger partial charge in [-0.15, -0.1) is 0 Å². The van der Waals surface area contributed by atoms with Crippen LogP contribution in [0.4, 0.5) is 17.1 Å². The van der Waals surface area contributed by atoms with E-state index in [0.717, 1.165) is 18.8 Å². The van der Waals surface area contributed by atoms with Crippen molar-refractivity contribution >= 4 is 40.5 Å². The van der Waals surface area contributed by atoms with Gasteiger partial charge in [-0.1, -0.05) is 11.6 Å². The zero-order chi connectivity index (χ0) is 19.5. The molecule has 6 heteroatoms. The predicted octanol–water partition coefficient (Wildman–Crippen LogP) is 4.46. The van der Waals surface area contributed by atoms with Gasteiger partial charge in [0.1, 0.15) is 6.04 Å². The first kappa shape index (κ1) is 18.8. The van der Waals surface area contributed by atoms with Gasteiger partial charge in [0, 0.05) is 41.6 Å². The first-order valence-electron chi connectivity index (χ1n) is 9.85. The Kier molecular flexibility index (Phi) is 5.53. The standard InChI is InChI=1S/C22H24ClN3O2/c23-16-4-8-19(9-5-16)26-20(12-13-21(26)27)22(28)24-17-6-10-18(11-7-17)25-14-2-1-3-15-25/h4-11,20H,1-3,12-15H2,(H,24,28). The SMILES string of the molecule is O=C(Nc1ccc(N2CCCCC2)cc1)C1CCC(=O)N1c1ccc(Cl)cc1. The van der Waals surface area contributed by atoms with Gasteiger partial charge in [-0.3, -0.25) is 14.5 Å². The number of amides is 2. The van der Waals surface area contributed by atoms with Gasteiger partial charge in [-0.25, -0.2) is 0 Å². The van der Waals surface area contributed by atoms with E-state index < -0.39 is 6.04 Å². The normalized spacial score (nSPS) is 19.8. The molecule has 4 rings (SSSR count). The summed E-state index contributed by atoms with van der Waals surface area (Å²) in [5.74, 6) is -0.200. The molecule has 5 nitrogen and oxygen atoms in total. The van der Waals surface area contributed by atoms with E-state index in [-0.39, 0.29) is 11.8 Å². The van der Waals surface area contributed by atoms with Crippen LogP contribution < -0.4 is 15.1 Å². The average Bonchev–Trinajstić information content (AvgIpc) is 3.11. The zero-order valence-electron chi connectivity index (χ0n) is 15.7. The molecule has 2 amide bonds. The predicted molar refractivity (Wildman–Crippen MR) is 113 cm³/mol. The second kappa shape index (κ2) is 8.23. The number of carbonyl (C=O) groups is 2. The third-order valence-corrected chi connectivity index (χ3v) is 5.73. The topological polar surface area (TPSA) is 52.7 Å². The Bertz CT molecular complexity index is 845. The molecule has 2 aliphatic rings. The van der Waals surface area contributed by atoms with Crippen molar-refractivity contribution in [2.75, 3.05) is 28.2 Å². The number of carbonyl (C=O) groups excluding carboxylic acids is 2. The van der Waals surface area contributed by atoms with Gasteiger partial charge >= 0.3 is 0 Å². The average molecular weight is 398 g/mol. The summed E-state index contributed by atoms with van der Waals surface area (Å²) in [5.41, 5.74) is 2.64. The molecular weight excluding hydrogens is 374 g/mol. The lowest BCUT2D eigenvalue weighted by molar-refractivity contribution is -0.120. The van der Waals surface area contributed by atoms with Gasteiger partial charge in [-0.05, 0) is 74.2 Å². The molecule has 1 unspecified atom stereocenters. The lowest BCUT2D eigenvalue weighted by atomic mass is 10.1. The monoisotopic (exact) mass is 397 g/mol. The molecule has 0 radical (unpaired) electrons. The number of benzene rings is 2. The first-order valence-corrected chi connectivity index (χ1v) is 10.2. The van der Waals surface area contributed by atoms with Crippen molar-refractivity contribution in [2.24, 2.45) is 0 Å². The minimum absolute atomic E-state index is 0.0390. The summed E-state index contributed by atoms with van der Waals surface area (Å²) >= 11 is 5.94. The second-order valence-electron chi connectivity index (χ2n) is 7.38. The largest absolute Gasteiger partial charge is 0.372 e. The fourth-order valence-corrected chi connectivity index (χ4v) is 4.12. The molecule has 2 aromatic rings. The van der Waals surface area contributed by atoms with Gasteiger partial charge in [0.15, 0.2) is 0 Å². The number of piperidine rings is 1. The molecule has 0 aromatic heterocycles. The van der Waals surface area contributed by atoms with Crippen LogP contribution in [0.2, 0.25) is 5.02 Å². The maximum Gasteiger partial charge on any atom is 0.247 e. The molecule has 0 bridgehead atoms. The Morgan fingerprint density at radius 3 is 2.25 bits per heavy atom. The summed E-state index contributed by atoms with van der Waals surface area (Å²) in [6, 6.07) is 14.5. The van der Waals surface area contributed by atoms with Gasteiger partial charge in [0.05, 0.1) is 0 Å². The Morgan fingerprint density at radius 1 is 0.929 bits per heavy atom. The molecular formula is C22H24ClN3O2. The van der Waals surface area contributed by atoms with E-state index in [9.17, 15) is 9.59 Å². The van der Waals surface area contributed by atoms with Crippen molar-refractivity contribution in [1.82, 2.24) is 0 Å². The number of anilines is 3. The summed E-state index contributed by atoms with van der Waals surface area (Å²) in [6.07, 6.45) is 4.64. The van der Waals surface area contributed by atoms with E-state index >= 15 is 0 Å². The molecule has 2 aromatic carbocycles. The molecule has 0 aliphatic carbocycles. The number of halogens is 1. The lowest BCUT2D eigenvalue weighted by Crippen LogP contribution is -2.41. The molecule has 0 spiro atoms. The Morgan fingerprint density at radius 2 is 1.57 bits per heavy atom. The van der Waals surface area contributed by atoms with Crippen molar-refractivity contribution in [3.8, 4) is 0 Å². The van der Waals surface area contributed by atoms with Crippen LogP contribution in [-0.2, 0) is 9.59 Å². The third-order valence-electron chi connectivity index (χ3n) is 5.48. The van der Waals surface area contributed by atoms with Crippen molar-refractivity contribution in [3.05, 3.63) is 53.6 Å². The molecule has 146 valence electrons. The molecule has 1 N–H and O–H groups in total. The Labute approximate surface area is 170 Å².